The van der Waals surface area contributed by atoms with Crippen molar-refractivity contribution in [1.29, 1.82) is 0 Å². The number of ether oxygens (including phenoxy) is 1. The highest BCUT2D eigenvalue weighted by Crippen LogP contribution is 2.19. The molecule has 2 amide bonds. The summed E-state index contributed by atoms with van der Waals surface area (Å²) >= 11 is 0. The lowest BCUT2D eigenvalue weighted by Crippen LogP contribution is -2.39. The van der Waals surface area contributed by atoms with Crippen LogP contribution in [0.1, 0.15) is 20.3 Å². The quantitative estimate of drug-likeness (QED) is 0.319. The SMILES string of the molecule is CCC(C)Oc1cccc(NC(=O)C(=O)NN)c1. The lowest BCUT2D eigenvalue weighted by atomic mass is 10.2. The Kier molecular flexibility index (Phi) is 5.13. The monoisotopic (exact) mass is 251 g/mol. The summed E-state index contributed by atoms with van der Waals surface area (Å²) in [5, 5.41) is 2.41. The molecule has 0 bridgehead atoms. The minimum atomic E-state index is -0.900. The molecule has 0 aliphatic heterocycles. The number of carbonyl (C=O) groups is 2. The molecule has 0 heterocycles. The van der Waals surface area contributed by atoms with E-state index in [2.05, 4.69) is 5.32 Å². The zero-order valence-corrected chi connectivity index (χ0v) is 10.4. The van der Waals surface area contributed by atoms with Gasteiger partial charge in [0, 0.05) is 11.8 Å². The Balaban J connectivity index is 2.70. The zero-order chi connectivity index (χ0) is 13.5. The van der Waals surface area contributed by atoms with Crippen LogP contribution in [0.3, 0.4) is 0 Å². The Morgan fingerprint density at radius 3 is 2.72 bits per heavy atom. The van der Waals surface area contributed by atoms with E-state index in [1.165, 1.54) is 0 Å². The van der Waals surface area contributed by atoms with Crippen molar-refractivity contribution >= 4 is 17.5 Å². The summed E-state index contributed by atoms with van der Waals surface area (Å²) in [7, 11) is 0. The largest absolute Gasteiger partial charge is 0.491 e. The van der Waals surface area contributed by atoms with E-state index in [0.29, 0.717) is 11.4 Å². The van der Waals surface area contributed by atoms with Gasteiger partial charge in [-0.05, 0) is 25.5 Å². The second-order valence-corrected chi connectivity index (χ2v) is 3.79. The molecule has 4 N–H and O–H groups in total. The standard InChI is InChI=1S/C12H17N3O3/c1-3-8(2)18-10-6-4-5-9(7-10)14-11(16)12(17)15-13/h4-8H,3,13H2,1-2H3,(H,14,16)(H,15,17). The smallest absolute Gasteiger partial charge is 0.323 e. The molecular formula is C12H17N3O3. The molecule has 0 aromatic heterocycles. The van der Waals surface area contributed by atoms with E-state index in [1.807, 2.05) is 13.8 Å². The van der Waals surface area contributed by atoms with E-state index in [0.717, 1.165) is 6.42 Å². The fourth-order valence-corrected chi connectivity index (χ4v) is 1.22. The van der Waals surface area contributed by atoms with E-state index < -0.39 is 11.8 Å². The molecule has 0 saturated heterocycles. The molecule has 1 aromatic rings. The van der Waals surface area contributed by atoms with Crippen molar-refractivity contribution in [2.24, 2.45) is 5.84 Å². The third-order valence-corrected chi connectivity index (χ3v) is 2.34. The molecule has 1 aromatic carbocycles. The lowest BCUT2D eigenvalue weighted by Gasteiger charge is -2.13. The Bertz CT molecular complexity index is 434. The van der Waals surface area contributed by atoms with Crippen LogP contribution in [0, 0.1) is 0 Å². The molecule has 6 nitrogen and oxygen atoms in total. The first kappa shape index (κ1) is 14.0. The molecule has 0 spiro atoms. The van der Waals surface area contributed by atoms with Crippen molar-refractivity contribution in [3.63, 3.8) is 0 Å². The molecule has 1 unspecified atom stereocenters. The maximum atomic E-state index is 11.3. The van der Waals surface area contributed by atoms with Crippen molar-refractivity contribution < 1.29 is 14.3 Å². The topological polar surface area (TPSA) is 93.4 Å². The van der Waals surface area contributed by atoms with Crippen molar-refractivity contribution in [2.45, 2.75) is 26.4 Å². The molecule has 6 heteroatoms. The molecule has 98 valence electrons. The van der Waals surface area contributed by atoms with Crippen molar-refractivity contribution in [3.8, 4) is 5.75 Å². The van der Waals surface area contributed by atoms with Crippen molar-refractivity contribution in [3.05, 3.63) is 24.3 Å². The number of anilines is 1. The number of rotatable bonds is 4. The van der Waals surface area contributed by atoms with E-state index in [9.17, 15) is 9.59 Å². The highest BCUT2D eigenvalue weighted by molar-refractivity contribution is 6.39. The van der Waals surface area contributed by atoms with Crippen LogP contribution in [-0.2, 0) is 9.59 Å². The zero-order valence-electron chi connectivity index (χ0n) is 10.4. The van der Waals surface area contributed by atoms with E-state index in [1.54, 1.807) is 29.7 Å². The van der Waals surface area contributed by atoms with Crippen LogP contribution in [0.4, 0.5) is 5.69 Å². The first-order chi connectivity index (χ1) is 8.56. The van der Waals surface area contributed by atoms with Gasteiger partial charge < -0.3 is 10.1 Å². The summed E-state index contributed by atoms with van der Waals surface area (Å²) in [6.45, 7) is 3.97. The molecule has 0 radical (unpaired) electrons. The first-order valence-electron chi connectivity index (χ1n) is 5.65. The van der Waals surface area contributed by atoms with Crippen LogP contribution in [0.5, 0.6) is 5.75 Å². The Morgan fingerprint density at radius 1 is 1.39 bits per heavy atom. The maximum Gasteiger partial charge on any atom is 0.323 e. The number of hydrogen-bond donors (Lipinski definition) is 3. The van der Waals surface area contributed by atoms with Gasteiger partial charge in [0.25, 0.3) is 0 Å². The van der Waals surface area contributed by atoms with E-state index in [4.69, 9.17) is 10.6 Å². The number of amides is 2. The summed E-state index contributed by atoms with van der Waals surface area (Å²) in [5.74, 6) is 3.77. The van der Waals surface area contributed by atoms with Crippen LogP contribution >= 0.6 is 0 Å². The number of nitrogens with two attached hydrogens (primary N) is 1. The van der Waals surface area contributed by atoms with Crippen LogP contribution in [-0.4, -0.2) is 17.9 Å². The Hall–Kier alpha value is -2.08. The molecule has 0 fully saturated rings. The number of hydrogen-bond acceptors (Lipinski definition) is 4. The number of benzene rings is 1. The highest BCUT2D eigenvalue weighted by Gasteiger charge is 2.12. The predicted octanol–water partition coefficient (Wildman–Crippen LogP) is 0.792. The Morgan fingerprint density at radius 2 is 2.11 bits per heavy atom. The van der Waals surface area contributed by atoms with Gasteiger partial charge in [0.2, 0.25) is 0 Å². The normalized spacial score (nSPS) is 11.5. The van der Waals surface area contributed by atoms with Gasteiger partial charge in [0.15, 0.2) is 0 Å². The van der Waals surface area contributed by atoms with Crippen molar-refractivity contribution in [1.82, 2.24) is 5.43 Å². The second-order valence-electron chi connectivity index (χ2n) is 3.79. The van der Waals surface area contributed by atoms with Crippen LogP contribution < -0.4 is 21.3 Å². The molecule has 18 heavy (non-hydrogen) atoms. The average Bonchev–Trinajstić information content (AvgIpc) is 2.37. The van der Waals surface area contributed by atoms with Gasteiger partial charge in [-0.1, -0.05) is 13.0 Å². The Labute approximate surface area is 105 Å². The van der Waals surface area contributed by atoms with Gasteiger partial charge >= 0.3 is 11.8 Å². The summed E-state index contributed by atoms with van der Waals surface area (Å²) in [5.41, 5.74) is 2.24. The summed E-state index contributed by atoms with van der Waals surface area (Å²) in [6, 6.07) is 6.82. The van der Waals surface area contributed by atoms with Gasteiger partial charge in [-0.15, -0.1) is 0 Å². The molecule has 0 aliphatic carbocycles. The fourth-order valence-electron chi connectivity index (χ4n) is 1.22. The third kappa shape index (κ3) is 4.06. The number of nitrogens with one attached hydrogen (secondary N) is 2. The molecule has 1 atom stereocenters. The second kappa shape index (κ2) is 6.61. The maximum absolute atomic E-state index is 11.3. The summed E-state index contributed by atoms with van der Waals surface area (Å²) in [4.78, 5) is 22.2. The van der Waals surface area contributed by atoms with Gasteiger partial charge in [0.05, 0.1) is 6.10 Å². The van der Waals surface area contributed by atoms with Gasteiger partial charge in [0.1, 0.15) is 5.75 Å². The minimum Gasteiger partial charge on any atom is -0.491 e. The van der Waals surface area contributed by atoms with E-state index >= 15 is 0 Å². The molecule has 1 rings (SSSR count). The lowest BCUT2D eigenvalue weighted by molar-refractivity contribution is -0.136. The van der Waals surface area contributed by atoms with Gasteiger partial charge in [-0.3, -0.25) is 15.0 Å². The third-order valence-electron chi connectivity index (χ3n) is 2.34. The van der Waals surface area contributed by atoms with Crippen LogP contribution in [0.25, 0.3) is 0 Å². The predicted molar refractivity (Wildman–Crippen MR) is 67.8 cm³/mol. The van der Waals surface area contributed by atoms with Gasteiger partial charge in [-0.25, -0.2) is 5.84 Å². The van der Waals surface area contributed by atoms with Crippen LogP contribution in [0.15, 0.2) is 24.3 Å². The highest BCUT2D eigenvalue weighted by atomic mass is 16.5. The summed E-state index contributed by atoms with van der Waals surface area (Å²) < 4.78 is 5.60. The fraction of sp³-hybridized carbons (Fsp3) is 0.333. The van der Waals surface area contributed by atoms with Gasteiger partial charge in [-0.2, -0.15) is 0 Å². The molecule has 0 saturated carbocycles. The molecule has 0 aliphatic rings. The number of hydrazine groups is 1. The van der Waals surface area contributed by atoms with E-state index in [-0.39, 0.29) is 6.10 Å². The molecular weight excluding hydrogens is 234 g/mol. The summed E-state index contributed by atoms with van der Waals surface area (Å²) in [6.07, 6.45) is 0.967. The first-order valence-corrected chi connectivity index (χ1v) is 5.65. The minimum absolute atomic E-state index is 0.0864. The number of carbonyl (C=O) groups excluding carboxylic acids is 2. The average molecular weight is 251 g/mol. The van der Waals surface area contributed by atoms with Crippen LogP contribution in [0.2, 0.25) is 0 Å². The van der Waals surface area contributed by atoms with Crippen molar-refractivity contribution in [2.75, 3.05) is 5.32 Å².